The summed E-state index contributed by atoms with van der Waals surface area (Å²) in [6.07, 6.45) is 6.06. The molecule has 3 heterocycles. The van der Waals surface area contributed by atoms with Crippen LogP contribution >= 0.6 is 0 Å². The molecule has 1 aromatic carbocycles. The number of nitrogens with one attached hydrogen (secondary N) is 1. The molecule has 4 rings (SSSR count). The molecule has 1 atom stereocenters. The molecule has 1 fully saturated rings. The number of ketones is 1. The summed E-state index contributed by atoms with van der Waals surface area (Å²) in [7, 11) is 1.53. The number of Topliss-reactive ketones (excluding diaryl/α,β-unsaturated/α-hetero) is 1. The Labute approximate surface area is 201 Å². The highest BCUT2D eigenvalue weighted by atomic mass is 16.2. The minimum absolute atomic E-state index is 0.00290. The molecule has 3 N–H and O–H groups in total. The van der Waals surface area contributed by atoms with E-state index >= 15 is 0 Å². The zero-order chi connectivity index (χ0) is 25.1. The van der Waals surface area contributed by atoms with Crippen LogP contribution in [0.2, 0.25) is 0 Å². The van der Waals surface area contributed by atoms with E-state index in [-0.39, 0.29) is 22.8 Å². The number of allylic oxidation sites excluding steroid dienone is 2. The molecule has 1 unspecified atom stereocenters. The number of imidazole rings is 1. The van der Waals surface area contributed by atoms with Crippen molar-refractivity contribution in [2.75, 3.05) is 23.3 Å². The van der Waals surface area contributed by atoms with Crippen molar-refractivity contribution in [3.05, 3.63) is 62.8 Å². The SMILES string of the molecule is C/C=C/Cn1c(N2CCCC(N)C2)nc2c1c(=O)n(CC(=O)c1ccccc1NC=O)c(=O)n2C. The van der Waals surface area contributed by atoms with Crippen LogP contribution in [0.3, 0.4) is 0 Å². The van der Waals surface area contributed by atoms with Gasteiger partial charge in [0.25, 0.3) is 5.56 Å². The van der Waals surface area contributed by atoms with E-state index in [1.807, 2.05) is 24.0 Å². The first kappa shape index (κ1) is 24.1. The Kier molecular flexibility index (Phi) is 6.97. The van der Waals surface area contributed by atoms with Crippen molar-refractivity contribution in [2.24, 2.45) is 12.8 Å². The van der Waals surface area contributed by atoms with Gasteiger partial charge >= 0.3 is 5.69 Å². The van der Waals surface area contributed by atoms with Crippen molar-refractivity contribution < 1.29 is 9.59 Å². The zero-order valence-corrected chi connectivity index (χ0v) is 19.8. The molecular formula is C24H29N7O4. The fourth-order valence-electron chi connectivity index (χ4n) is 4.46. The maximum Gasteiger partial charge on any atom is 0.332 e. The van der Waals surface area contributed by atoms with Crippen molar-refractivity contribution in [1.82, 2.24) is 18.7 Å². The summed E-state index contributed by atoms with van der Waals surface area (Å²) in [6.45, 7) is 3.13. The van der Waals surface area contributed by atoms with Crippen molar-refractivity contribution in [3.63, 3.8) is 0 Å². The summed E-state index contributed by atoms with van der Waals surface area (Å²) < 4.78 is 3.99. The Balaban J connectivity index is 1.86. The Morgan fingerprint density at radius 2 is 2.03 bits per heavy atom. The van der Waals surface area contributed by atoms with E-state index in [9.17, 15) is 19.2 Å². The lowest BCUT2D eigenvalue weighted by Gasteiger charge is -2.31. The zero-order valence-electron chi connectivity index (χ0n) is 19.8. The van der Waals surface area contributed by atoms with Crippen molar-refractivity contribution in [3.8, 4) is 0 Å². The van der Waals surface area contributed by atoms with E-state index in [2.05, 4.69) is 10.3 Å². The maximum absolute atomic E-state index is 13.6. The Bertz CT molecular complexity index is 1420. The van der Waals surface area contributed by atoms with Crippen LogP contribution in [-0.2, 0) is 24.9 Å². The Morgan fingerprint density at radius 3 is 2.74 bits per heavy atom. The van der Waals surface area contributed by atoms with Gasteiger partial charge < -0.3 is 20.5 Å². The molecule has 11 heteroatoms. The van der Waals surface area contributed by atoms with Gasteiger partial charge in [-0.1, -0.05) is 24.3 Å². The number of anilines is 2. The first-order valence-corrected chi connectivity index (χ1v) is 11.5. The van der Waals surface area contributed by atoms with E-state index in [0.29, 0.717) is 31.1 Å². The van der Waals surface area contributed by atoms with Gasteiger partial charge in [-0.15, -0.1) is 0 Å². The number of carbonyl (C=O) groups is 2. The molecule has 1 amide bonds. The van der Waals surface area contributed by atoms with Gasteiger partial charge in [0.2, 0.25) is 12.4 Å². The van der Waals surface area contributed by atoms with Crippen LogP contribution in [-0.4, -0.2) is 50.0 Å². The summed E-state index contributed by atoms with van der Waals surface area (Å²) in [4.78, 5) is 57.5. The number of aryl methyl sites for hydroxylation is 1. The fourth-order valence-corrected chi connectivity index (χ4v) is 4.46. The first-order chi connectivity index (χ1) is 16.9. The molecule has 3 aromatic rings. The number of nitrogens with zero attached hydrogens (tertiary/aromatic N) is 5. The van der Waals surface area contributed by atoms with Crippen LogP contribution in [0.5, 0.6) is 0 Å². The van der Waals surface area contributed by atoms with Crippen LogP contribution in [0.15, 0.2) is 46.0 Å². The van der Waals surface area contributed by atoms with Crippen LogP contribution < -0.4 is 27.2 Å². The van der Waals surface area contributed by atoms with E-state index in [1.165, 1.54) is 17.7 Å². The molecule has 1 saturated heterocycles. The highest BCUT2D eigenvalue weighted by Gasteiger charge is 2.26. The number of para-hydroxylation sites is 1. The largest absolute Gasteiger partial charge is 0.341 e. The van der Waals surface area contributed by atoms with Gasteiger partial charge in [-0.3, -0.25) is 23.5 Å². The smallest absolute Gasteiger partial charge is 0.332 e. The van der Waals surface area contributed by atoms with Crippen molar-refractivity contribution in [1.29, 1.82) is 0 Å². The quantitative estimate of drug-likeness (QED) is 0.278. The fraction of sp³-hybridized carbons (Fsp3) is 0.375. The van der Waals surface area contributed by atoms with Crippen LogP contribution in [0.25, 0.3) is 11.2 Å². The lowest BCUT2D eigenvalue weighted by Crippen LogP contribution is -2.44. The molecule has 1 aliphatic heterocycles. The second kappa shape index (κ2) is 10.1. The molecule has 35 heavy (non-hydrogen) atoms. The summed E-state index contributed by atoms with van der Waals surface area (Å²) in [5, 5.41) is 2.48. The molecule has 1 aliphatic rings. The van der Waals surface area contributed by atoms with E-state index in [1.54, 1.807) is 22.8 Å². The molecule has 0 bridgehead atoms. The number of amides is 1. The summed E-state index contributed by atoms with van der Waals surface area (Å²) in [6, 6.07) is 6.43. The molecule has 0 saturated carbocycles. The van der Waals surface area contributed by atoms with Gasteiger partial charge in [0, 0.05) is 38.3 Å². The number of carbonyl (C=O) groups excluding carboxylic acids is 2. The molecule has 0 aliphatic carbocycles. The first-order valence-electron chi connectivity index (χ1n) is 11.5. The van der Waals surface area contributed by atoms with E-state index in [4.69, 9.17) is 5.73 Å². The van der Waals surface area contributed by atoms with Gasteiger partial charge in [0.05, 0.1) is 12.2 Å². The van der Waals surface area contributed by atoms with Gasteiger partial charge in [-0.05, 0) is 31.9 Å². The Morgan fingerprint density at radius 1 is 1.26 bits per heavy atom. The highest BCUT2D eigenvalue weighted by molar-refractivity contribution is 6.02. The predicted octanol–water partition coefficient (Wildman–Crippen LogP) is 0.852. The molecule has 0 radical (unpaired) electrons. The highest BCUT2D eigenvalue weighted by Crippen LogP contribution is 2.23. The number of hydrogen-bond donors (Lipinski definition) is 2. The van der Waals surface area contributed by atoms with Gasteiger partial charge in [0.1, 0.15) is 0 Å². The molecular weight excluding hydrogens is 450 g/mol. The van der Waals surface area contributed by atoms with Gasteiger partial charge in [-0.25, -0.2) is 4.79 Å². The Hall–Kier alpha value is -3.99. The number of fused-ring (bicyclic) bond motifs is 1. The number of aromatic nitrogens is 4. The topological polar surface area (TPSA) is 137 Å². The molecule has 184 valence electrons. The number of piperidine rings is 1. The van der Waals surface area contributed by atoms with Crippen LogP contribution in [0.1, 0.15) is 30.1 Å². The standard InChI is InChI=1S/C24H29N7O4/c1-3-4-12-30-20-21(27-23(30)29-11-7-8-16(25)13-29)28(2)24(35)31(22(20)34)14-19(33)17-9-5-6-10-18(17)26-15-32/h3-6,9-10,15-16H,7-8,11-14,25H2,1-2H3,(H,26,32)/b4-3+. The number of benzene rings is 1. The van der Waals surface area contributed by atoms with Gasteiger partial charge in [-0.2, -0.15) is 4.98 Å². The number of nitrogens with two attached hydrogens (primary N) is 1. The summed E-state index contributed by atoms with van der Waals surface area (Å²) in [5.74, 6) is 0.0974. The molecule has 2 aromatic heterocycles. The third kappa shape index (κ3) is 4.54. The molecule has 0 spiro atoms. The van der Waals surface area contributed by atoms with Crippen molar-refractivity contribution >= 4 is 35.0 Å². The predicted molar refractivity (Wildman–Crippen MR) is 134 cm³/mol. The number of hydrogen-bond acceptors (Lipinski definition) is 7. The third-order valence-electron chi connectivity index (χ3n) is 6.22. The summed E-state index contributed by atoms with van der Waals surface area (Å²) in [5.41, 5.74) is 5.95. The third-order valence-corrected chi connectivity index (χ3v) is 6.22. The number of rotatable bonds is 8. The second-order valence-electron chi connectivity index (χ2n) is 8.58. The van der Waals surface area contributed by atoms with Crippen molar-refractivity contribution in [2.45, 2.75) is 38.9 Å². The average Bonchev–Trinajstić information content (AvgIpc) is 3.24. The molecule has 11 nitrogen and oxygen atoms in total. The van der Waals surface area contributed by atoms with E-state index < -0.39 is 23.6 Å². The minimum Gasteiger partial charge on any atom is -0.341 e. The maximum atomic E-state index is 13.6. The van der Waals surface area contributed by atoms with Gasteiger partial charge in [0.15, 0.2) is 16.9 Å². The van der Waals surface area contributed by atoms with Crippen LogP contribution in [0.4, 0.5) is 11.6 Å². The van der Waals surface area contributed by atoms with E-state index in [0.717, 1.165) is 24.0 Å². The normalized spacial score (nSPS) is 16.2. The summed E-state index contributed by atoms with van der Waals surface area (Å²) >= 11 is 0. The van der Waals surface area contributed by atoms with Crippen LogP contribution in [0, 0.1) is 0 Å². The second-order valence-corrected chi connectivity index (χ2v) is 8.58. The lowest BCUT2D eigenvalue weighted by atomic mass is 10.1. The lowest BCUT2D eigenvalue weighted by molar-refractivity contribution is -0.105. The average molecular weight is 480 g/mol. The minimum atomic E-state index is -0.644. The monoisotopic (exact) mass is 479 g/mol.